The molecule has 0 fully saturated rings. The van der Waals surface area contributed by atoms with Crippen LogP contribution in [0.3, 0.4) is 0 Å². The van der Waals surface area contributed by atoms with Crippen LogP contribution in [0.2, 0.25) is 0 Å². The summed E-state index contributed by atoms with van der Waals surface area (Å²) in [6, 6.07) is 11.5. The van der Waals surface area contributed by atoms with E-state index in [0.29, 0.717) is 24.4 Å². The van der Waals surface area contributed by atoms with E-state index in [2.05, 4.69) is 5.32 Å². The molecule has 0 aliphatic heterocycles. The summed E-state index contributed by atoms with van der Waals surface area (Å²) in [5.41, 5.74) is 6.96. The molecule has 2 aromatic rings. The van der Waals surface area contributed by atoms with Crippen LogP contribution in [0.25, 0.3) is 10.8 Å². The maximum atomic E-state index is 12.2. The summed E-state index contributed by atoms with van der Waals surface area (Å²) in [6.45, 7) is 4.96. The molecule has 1 atom stereocenters. The third kappa shape index (κ3) is 3.27. The molecular formula is C16H20N2O2. The number of amides is 1. The zero-order valence-electron chi connectivity index (χ0n) is 11.8. The number of carbonyl (C=O) groups is 1. The van der Waals surface area contributed by atoms with Crippen molar-refractivity contribution in [3.05, 3.63) is 42.0 Å². The Labute approximate surface area is 118 Å². The van der Waals surface area contributed by atoms with Crippen LogP contribution in [-0.4, -0.2) is 25.2 Å². The molecule has 106 valence electrons. The smallest absolute Gasteiger partial charge is 0.253 e. The highest BCUT2D eigenvalue weighted by Crippen LogP contribution is 2.21. The Morgan fingerprint density at radius 2 is 1.95 bits per heavy atom. The molecule has 3 N–H and O–H groups in total. The van der Waals surface area contributed by atoms with Crippen molar-refractivity contribution in [2.75, 3.05) is 18.9 Å². The van der Waals surface area contributed by atoms with Gasteiger partial charge in [0.15, 0.2) is 0 Å². The number of hydrogen-bond donors (Lipinski definition) is 2. The van der Waals surface area contributed by atoms with E-state index < -0.39 is 0 Å². The van der Waals surface area contributed by atoms with E-state index in [9.17, 15) is 4.79 Å². The number of fused-ring (bicyclic) bond motifs is 1. The lowest BCUT2D eigenvalue weighted by atomic mass is 10.0. The second-order valence-corrected chi connectivity index (χ2v) is 4.76. The van der Waals surface area contributed by atoms with Crippen LogP contribution in [0.15, 0.2) is 36.4 Å². The summed E-state index contributed by atoms with van der Waals surface area (Å²) in [5.74, 6) is -0.167. The number of carbonyl (C=O) groups excluding carboxylic acids is 1. The molecule has 4 nitrogen and oxygen atoms in total. The molecule has 0 aromatic heterocycles. The molecule has 1 amide bonds. The summed E-state index contributed by atoms with van der Waals surface area (Å²) >= 11 is 0. The minimum atomic E-state index is -0.167. The molecule has 0 radical (unpaired) electrons. The Kier molecular flexibility index (Phi) is 4.58. The first-order chi connectivity index (χ1) is 9.61. The summed E-state index contributed by atoms with van der Waals surface area (Å²) < 4.78 is 5.38. The van der Waals surface area contributed by atoms with Crippen LogP contribution in [-0.2, 0) is 4.74 Å². The Balaban J connectivity index is 2.15. The first kappa shape index (κ1) is 14.3. The predicted molar refractivity (Wildman–Crippen MR) is 81.8 cm³/mol. The third-order valence-electron chi connectivity index (χ3n) is 3.16. The monoisotopic (exact) mass is 272 g/mol. The first-order valence-electron chi connectivity index (χ1n) is 6.80. The molecule has 0 aliphatic rings. The highest BCUT2D eigenvalue weighted by molar-refractivity contribution is 6.03. The summed E-state index contributed by atoms with van der Waals surface area (Å²) in [5, 5.41) is 4.88. The molecular weight excluding hydrogens is 252 g/mol. The van der Waals surface area contributed by atoms with E-state index >= 15 is 0 Å². The number of nitrogen functional groups attached to an aromatic ring is 1. The maximum Gasteiger partial charge on any atom is 0.253 e. The van der Waals surface area contributed by atoms with Gasteiger partial charge in [0.25, 0.3) is 5.91 Å². The summed E-state index contributed by atoms with van der Waals surface area (Å²) in [4.78, 5) is 12.2. The highest BCUT2D eigenvalue weighted by atomic mass is 16.5. The van der Waals surface area contributed by atoms with Gasteiger partial charge < -0.3 is 15.8 Å². The lowest BCUT2D eigenvalue weighted by molar-refractivity contribution is 0.0695. The van der Waals surface area contributed by atoms with Gasteiger partial charge in [-0.15, -0.1) is 0 Å². The molecule has 0 spiro atoms. The van der Waals surface area contributed by atoms with Crippen molar-refractivity contribution in [3.8, 4) is 0 Å². The molecule has 0 saturated carbocycles. The fraction of sp³-hybridized carbons (Fsp3) is 0.312. The van der Waals surface area contributed by atoms with E-state index in [-0.39, 0.29) is 12.0 Å². The van der Waals surface area contributed by atoms with Gasteiger partial charge in [-0.3, -0.25) is 4.79 Å². The lowest BCUT2D eigenvalue weighted by Crippen LogP contribution is -2.32. The minimum absolute atomic E-state index is 0.00868. The Morgan fingerprint density at radius 3 is 2.60 bits per heavy atom. The highest BCUT2D eigenvalue weighted by Gasteiger charge is 2.12. The normalized spacial score (nSPS) is 12.3. The molecule has 20 heavy (non-hydrogen) atoms. The number of hydrogen-bond acceptors (Lipinski definition) is 3. The molecule has 2 rings (SSSR count). The number of rotatable bonds is 5. The van der Waals surface area contributed by atoms with Gasteiger partial charge in [-0.1, -0.05) is 24.3 Å². The zero-order valence-corrected chi connectivity index (χ0v) is 11.8. The number of nitrogens with one attached hydrogen (secondary N) is 1. The van der Waals surface area contributed by atoms with E-state index in [4.69, 9.17) is 10.5 Å². The summed E-state index contributed by atoms with van der Waals surface area (Å²) in [6.07, 6.45) is -0.00868. The largest absolute Gasteiger partial charge is 0.398 e. The molecule has 0 heterocycles. The maximum absolute atomic E-state index is 12.2. The van der Waals surface area contributed by atoms with Crippen molar-refractivity contribution in [1.82, 2.24) is 5.32 Å². The van der Waals surface area contributed by atoms with Gasteiger partial charge in [0.2, 0.25) is 0 Å². The van der Waals surface area contributed by atoms with Crippen LogP contribution in [0.1, 0.15) is 24.2 Å². The SMILES string of the molecule is CCOC(C)CNC(=O)c1cc2ccccc2cc1N. The predicted octanol–water partition coefficient (Wildman–Crippen LogP) is 2.58. The van der Waals surface area contributed by atoms with Crippen molar-refractivity contribution in [3.63, 3.8) is 0 Å². The minimum Gasteiger partial charge on any atom is -0.398 e. The van der Waals surface area contributed by atoms with Crippen LogP contribution >= 0.6 is 0 Å². The Bertz CT molecular complexity index is 610. The average Bonchev–Trinajstić information content (AvgIpc) is 2.44. The van der Waals surface area contributed by atoms with Crippen LogP contribution in [0.5, 0.6) is 0 Å². The number of anilines is 1. The van der Waals surface area contributed by atoms with Crippen LogP contribution < -0.4 is 11.1 Å². The second-order valence-electron chi connectivity index (χ2n) is 4.76. The van der Waals surface area contributed by atoms with Crippen molar-refractivity contribution >= 4 is 22.4 Å². The Morgan fingerprint density at radius 1 is 1.30 bits per heavy atom. The third-order valence-corrected chi connectivity index (χ3v) is 3.16. The fourth-order valence-electron chi connectivity index (χ4n) is 2.13. The number of nitrogens with two attached hydrogens (primary N) is 1. The molecule has 0 aliphatic carbocycles. The van der Waals surface area contributed by atoms with Gasteiger partial charge in [0.05, 0.1) is 11.7 Å². The number of ether oxygens (including phenoxy) is 1. The Hall–Kier alpha value is -2.07. The lowest BCUT2D eigenvalue weighted by Gasteiger charge is -2.13. The van der Waals surface area contributed by atoms with E-state index in [1.54, 1.807) is 0 Å². The van der Waals surface area contributed by atoms with E-state index in [0.717, 1.165) is 10.8 Å². The van der Waals surface area contributed by atoms with Crippen LogP contribution in [0.4, 0.5) is 5.69 Å². The topological polar surface area (TPSA) is 64.3 Å². The van der Waals surface area contributed by atoms with Gasteiger partial charge in [0, 0.05) is 18.8 Å². The molecule has 1 unspecified atom stereocenters. The molecule has 0 bridgehead atoms. The van der Waals surface area contributed by atoms with Gasteiger partial charge in [0.1, 0.15) is 0 Å². The van der Waals surface area contributed by atoms with Gasteiger partial charge in [-0.25, -0.2) is 0 Å². The molecule has 2 aromatic carbocycles. The van der Waals surface area contributed by atoms with Gasteiger partial charge >= 0.3 is 0 Å². The van der Waals surface area contributed by atoms with Gasteiger partial charge in [-0.05, 0) is 36.8 Å². The zero-order chi connectivity index (χ0) is 14.5. The van der Waals surface area contributed by atoms with Crippen molar-refractivity contribution in [2.24, 2.45) is 0 Å². The van der Waals surface area contributed by atoms with Crippen molar-refractivity contribution in [1.29, 1.82) is 0 Å². The van der Waals surface area contributed by atoms with E-state index in [1.807, 2.05) is 50.2 Å². The fourth-order valence-corrected chi connectivity index (χ4v) is 2.13. The number of benzene rings is 2. The van der Waals surface area contributed by atoms with Gasteiger partial charge in [-0.2, -0.15) is 0 Å². The van der Waals surface area contributed by atoms with Crippen LogP contribution in [0, 0.1) is 0 Å². The first-order valence-corrected chi connectivity index (χ1v) is 6.80. The van der Waals surface area contributed by atoms with Crippen molar-refractivity contribution < 1.29 is 9.53 Å². The van der Waals surface area contributed by atoms with Crippen molar-refractivity contribution in [2.45, 2.75) is 20.0 Å². The molecule has 4 heteroatoms. The average molecular weight is 272 g/mol. The quantitative estimate of drug-likeness (QED) is 0.822. The van der Waals surface area contributed by atoms with E-state index in [1.165, 1.54) is 0 Å². The molecule has 0 saturated heterocycles. The second kappa shape index (κ2) is 6.39. The standard InChI is InChI=1S/C16H20N2O2/c1-3-20-11(2)10-18-16(19)14-8-12-6-4-5-7-13(12)9-15(14)17/h4-9,11H,3,10,17H2,1-2H3,(H,18,19). The summed E-state index contributed by atoms with van der Waals surface area (Å²) in [7, 11) is 0.